The summed E-state index contributed by atoms with van der Waals surface area (Å²) in [5.74, 6) is -1.90. The van der Waals surface area contributed by atoms with Crippen LogP contribution in [-0.2, 0) is 51.1 Å². The second-order valence-corrected chi connectivity index (χ2v) is 23.4. The van der Waals surface area contributed by atoms with Crippen molar-refractivity contribution < 1.29 is 93.5 Å². The number of rotatable bonds is 14. The summed E-state index contributed by atoms with van der Waals surface area (Å²) >= 11 is 11.4. The lowest BCUT2D eigenvalue weighted by Gasteiger charge is -2.29. The number of aromatic carboxylic acids is 1. The van der Waals surface area contributed by atoms with Gasteiger partial charge in [0.15, 0.2) is 18.2 Å². The fourth-order valence-electron chi connectivity index (χ4n) is 7.00. The van der Waals surface area contributed by atoms with Gasteiger partial charge in [-0.3, -0.25) is 34.7 Å². The second kappa shape index (κ2) is 30.6. The summed E-state index contributed by atoms with van der Waals surface area (Å²) in [7, 11) is -5.51. The van der Waals surface area contributed by atoms with Gasteiger partial charge in [-0.2, -0.15) is 28.1 Å². The Morgan fingerprint density at radius 2 is 1.54 bits per heavy atom. The first-order chi connectivity index (χ1) is 37.7. The molecule has 4 aromatic rings. The van der Waals surface area contributed by atoms with Crippen molar-refractivity contribution in [3.05, 3.63) is 92.5 Å². The Morgan fingerprint density at radius 1 is 0.951 bits per heavy atom. The smallest absolute Gasteiger partial charge is 0.389 e. The molecule has 1 unspecified atom stereocenters. The zero-order valence-electron chi connectivity index (χ0n) is 43.7. The molecule has 24 nitrogen and oxygen atoms in total. The number of methoxy groups -OCH3 is 2. The van der Waals surface area contributed by atoms with Crippen molar-refractivity contribution in [3.63, 3.8) is 0 Å². The minimum absolute atomic E-state index is 0.0170. The first-order valence-electron chi connectivity index (χ1n) is 23.0. The third-order valence-electron chi connectivity index (χ3n) is 10.2. The van der Waals surface area contributed by atoms with E-state index in [0.29, 0.717) is 34.9 Å². The predicted octanol–water partition coefficient (Wildman–Crippen LogP) is 5.48. The highest BCUT2D eigenvalue weighted by Crippen LogP contribution is 2.42. The number of alkyl halides is 3. The number of nitrogens with one attached hydrogen (secondary N) is 3. The molecule has 0 saturated carbocycles. The number of sulfonamides is 1. The van der Waals surface area contributed by atoms with Crippen molar-refractivity contribution in [3.8, 4) is 29.9 Å². The Kier molecular flexibility index (Phi) is 25.8. The van der Waals surface area contributed by atoms with Gasteiger partial charge in [0, 0.05) is 23.6 Å². The second-order valence-electron chi connectivity index (χ2n) is 16.9. The largest absolute Gasteiger partial charge is 0.778 e. The highest BCUT2D eigenvalue weighted by Gasteiger charge is 2.42. The highest BCUT2D eigenvalue weighted by atomic mass is 35.5. The lowest BCUT2D eigenvalue weighted by molar-refractivity contribution is -0.193. The van der Waals surface area contributed by atoms with Gasteiger partial charge >= 0.3 is 30.2 Å². The number of terminal acetylenes is 1. The molecule has 81 heavy (non-hydrogen) atoms. The van der Waals surface area contributed by atoms with Gasteiger partial charge < -0.3 is 38.8 Å². The van der Waals surface area contributed by atoms with E-state index in [1.807, 2.05) is 5.32 Å². The summed E-state index contributed by atoms with van der Waals surface area (Å²) in [5.41, 5.74) is 0.807. The molecule has 0 bridgehead atoms. The van der Waals surface area contributed by atoms with E-state index in [-0.39, 0.29) is 80.9 Å². The molecule has 6 N–H and O–H groups in total. The van der Waals surface area contributed by atoms with E-state index in [2.05, 4.69) is 45.0 Å². The van der Waals surface area contributed by atoms with Gasteiger partial charge in [0.1, 0.15) is 24.7 Å². The average Bonchev–Trinajstić information content (AvgIpc) is 3.95. The maximum absolute atomic E-state index is 14.7. The number of aliphatic carboxylic acids is 1. The van der Waals surface area contributed by atoms with Gasteiger partial charge in [-0.25, -0.2) is 32.0 Å². The first-order valence-corrected chi connectivity index (χ1v) is 29.5. The highest BCUT2D eigenvalue weighted by molar-refractivity contribution is 7.94. The third-order valence-corrected chi connectivity index (χ3v) is 12.9. The summed E-state index contributed by atoms with van der Waals surface area (Å²) < 4.78 is 103. The number of anilines is 3. The number of carbonyl (C=O) groups excluding carboxylic acids is 4. The molecule has 0 radical (unpaired) electrons. The van der Waals surface area contributed by atoms with E-state index in [0.717, 1.165) is 29.9 Å². The number of halogens is 6. The number of urea groups is 1. The maximum atomic E-state index is 14.7. The van der Waals surface area contributed by atoms with Crippen LogP contribution < -0.4 is 44.3 Å². The van der Waals surface area contributed by atoms with E-state index in [9.17, 15) is 64.2 Å². The fraction of sp³-hybridized carbons (Fsp3) is 0.354. The van der Waals surface area contributed by atoms with Crippen molar-refractivity contribution in [2.75, 3.05) is 74.1 Å². The normalized spacial score (nSPS) is 14.3. The number of aromatic nitrogens is 3. The summed E-state index contributed by atoms with van der Waals surface area (Å²) in [5, 5.41) is 21.2. The van der Waals surface area contributed by atoms with Gasteiger partial charge in [0.2, 0.25) is 5.95 Å². The summed E-state index contributed by atoms with van der Waals surface area (Å²) in [6, 6.07) is 9.07. The van der Waals surface area contributed by atoms with Crippen LogP contribution in [-0.4, -0.2) is 139 Å². The Labute approximate surface area is 474 Å². The SMILES string of the molecule is C#CCN1C(=O)COc2cc(F)c(N3C(=O)C4=C(CCCC4)C3=O)cc21.COc1c(Cl)ccc(Cl)c1C(=O)O.COc1nc(C)nc(NC(=O)NS(=O)(=O)c2ccccc2CCC(F)(F)F)n1.C[S+](C)C.O=C(O)CNCP(=O)([O-])O. The molecule has 3 aliphatic rings. The first kappa shape index (κ1) is 68.2. The minimum atomic E-state index is -4.45. The predicted molar refractivity (Wildman–Crippen MR) is 288 cm³/mol. The van der Waals surface area contributed by atoms with Crippen LogP contribution in [0.4, 0.5) is 39.7 Å². The average molecular weight is 1240 g/mol. The molecular formula is C48H53Cl2F4N8O16PS2. The molecular weight excluding hydrogens is 1190 g/mol. The number of imide groups is 1. The van der Waals surface area contributed by atoms with E-state index in [1.165, 1.54) is 62.4 Å². The molecule has 7 rings (SSSR count). The van der Waals surface area contributed by atoms with E-state index < -0.39 is 90.0 Å². The Balaban J connectivity index is 0.000000297. The number of carboxylic acids is 2. The molecule has 1 atom stereocenters. The lowest BCUT2D eigenvalue weighted by Crippen LogP contribution is -2.39. The summed E-state index contributed by atoms with van der Waals surface area (Å²) in [6.07, 6.45) is 7.69. The number of ether oxygens (including phenoxy) is 3. The van der Waals surface area contributed by atoms with Crippen LogP contribution in [0.5, 0.6) is 17.5 Å². The van der Waals surface area contributed by atoms with Crippen molar-refractivity contribution in [1.82, 2.24) is 25.0 Å². The number of benzene rings is 3. The van der Waals surface area contributed by atoms with Crippen molar-refractivity contribution >= 4 is 105 Å². The summed E-state index contributed by atoms with van der Waals surface area (Å²) in [6.45, 7) is 0.759. The van der Waals surface area contributed by atoms with Crippen LogP contribution in [0.1, 0.15) is 53.8 Å². The number of carbonyl (C=O) groups is 6. The van der Waals surface area contributed by atoms with Crippen LogP contribution in [0.25, 0.3) is 0 Å². The van der Waals surface area contributed by atoms with Crippen LogP contribution >= 0.6 is 30.8 Å². The quantitative estimate of drug-likeness (QED) is 0.0299. The lowest BCUT2D eigenvalue weighted by atomic mass is 9.93. The third kappa shape index (κ3) is 21.1. The van der Waals surface area contributed by atoms with Crippen LogP contribution in [0.15, 0.2) is 64.6 Å². The monoisotopic (exact) mass is 1240 g/mol. The van der Waals surface area contributed by atoms with Gasteiger partial charge in [0.05, 0.1) is 78.7 Å². The molecule has 33 heteroatoms. The molecule has 0 saturated heterocycles. The van der Waals surface area contributed by atoms with Gasteiger partial charge in [-0.1, -0.05) is 47.3 Å². The number of fused-ring (bicyclic) bond motifs is 1. The van der Waals surface area contributed by atoms with E-state index in [1.54, 1.807) is 4.72 Å². The zero-order valence-corrected chi connectivity index (χ0v) is 47.7. The number of aryl methyl sites for hydroxylation is 2. The van der Waals surface area contributed by atoms with Crippen molar-refractivity contribution in [2.45, 2.75) is 56.5 Å². The molecule has 3 aromatic carbocycles. The number of carboxylic acid groups (broad SMARTS) is 2. The van der Waals surface area contributed by atoms with Crippen LogP contribution in [0.2, 0.25) is 10.0 Å². The topological polar surface area (TPSA) is 346 Å². The summed E-state index contributed by atoms with van der Waals surface area (Å²) in [4.78, 5) is 101. The molecule has 3 heterocycles. The molecule has 440 valence electrons. The molecule has 1 aromatic heterocycles. The van der Waals surface area contributed by atoms with E-state index in [4.69, 9.17) is 58.9 Å². The Morgan fingerprint density at radius 3 is 2.06 bits per heavy atom. The van der Waals surface area contributed by atoms with E-state index >= 15 is 0 Å². The van der Waals surface area contributed by atoms with Crippen molar-refractivity contribution in [1.29, 1.82) is 0 Å². The maximum Gasteiger partial charge on any atom is 0.389 e. The Hall–Kier alpha value is -7.10. The van der Waals surface area contributed by atoms with Crippen LogP contribution in [0, 0.1) is 25.1 Å². The molecule has 0 spiro atoms. The van der Waals surface area contributed by atoms with Gasteiger partial charge in [0.25, 0.3) is 27.7 Å². The van der Waals surface area contributed by atoms with Crippen LogP contribution in [0.3, 0.4) is 0 Å². The molecule has 0 fully saturated rings. The number of amides is 5. The van der Waals surface area contributed by atoms with Crippen molar-refractivity contribution in [2.24, 2.45) is 0 Å². The minimum Gasteiger partial charge on any atom is -0.778 e. The number of nitrogens with zero attached hydrogens (tertiary/aromatic N) is 5. The van der Waals surface area contributed by atoms with Gasteiger partial charge in [-0.05, 0) is 79.8 Å². The zero-order chi connectivity index (χ0) is 61.2. The standard InChI is InChI=1S/C19H15FN2O4.C15H16F3N5O4S.C8H6Cl2O3.C3H8NO5P.C3H9S/c1-2-7-21-15-9-14(13(20)8-16(15)26-10-17(21)23)22-18(24)11-5-3-4-6-12(11)19(22)25;1-9-19-12(22-14(20-9)27-2)21-13(24)23-28(25,26)11-6-4-3-5-10(11)7-8-15(16,17)18;1-13-7-5(10)3-2-4(9)6(7)8(11)12;5-3(6)1-4-2-10(7,8)9;1-4(2)3/h1,8-9H,3-7,10H2;3-6H,7-8H2,1-2H3,(H2,19,20,21,22,23,24);2-3H,1H3,(H,11,12);4H,1-2H2,(H,5,6)(H2,7,8,9);1-3H3/q;;;;+1/p-1. The number of hydrogen-bond acceptors (Lipinski definition) is 17. The van der Waals surface area contributed by atoms with Gasteiger partial charge in [-0.15, -0.1) is 6.42 Å². The molecule has 1 aliphatic carbocycles. The molecule has 2 aliphatic heterocycles. The molecule has 5 amide bonds. The fourth-order valence-corrected chi connectivity index (χ4v) is 9.04. The number of hydrogen-bond donors (Lipinski definition) is 6. The Bertz CT molecular complexity index is 3210.